The second-order valence-corrected chi connectivity index (χ2v) is 5.02. The molecule has 1 aromatic rings. The normalized spacial score (nSPS) is 16.6. The Labute approximate surface area is 112 Å². The Balaban J connectivity index is 1.95. The number of nitrogens with two attached hydrogens (primary N) is 1. The summed E-state index contributed by atoms with van der Waals surface area (Å²) in [5.74, 6) is -0.466. The molecule has 1 aliphatic carbocycles. The van der Waals surface area contributed by atoms with E-state index in [9.17, 15) is 9.18 Å². The SMILES string of the molecule is CCOc1ccc(NC(=O)CC2(N)CCC2)cc1F. The minimum absolute atomic E-state index is 0.175. The summed E-state index contributed by atoms with van der Waals surface area (Å²) >= 11 is 0. The Kier molecular flexibility index (Phi) is 4.04. The van der Waals surface area contributed by atoms with E-state index in [4.69, 9.17) is 10.5 Å². The van der Waals surface area contributed by atoms with Crippen molar-refractivity contribution in [3.8, 4) is 5.75 Å². The lowest BCUT2D eigenvalue weighted by Gasteiger charge is -2.37. The molecular formula is C14H19FN2O2. The molecule has 0 bridgehead atoms. The largest absolute Gasteiger partial charge is 0.491 e. The van der Waals surface area contributed by atoms with Crippen LogP contribution in [-0.4, -0.2) is 18.1 Å². The van der Waals surface area contributed by atoms with E-state index in [2.05, 4.69) is 5.32 Å². The molecule has 2 rings (SSSR count). The summed E-state index contributed by atoms with van der Waals surface area (Å²) in [6, 6.07) is 4.39. The van der Waals surface area contributed by atoms with Gasteiger partial charge in [-0.3, -0.25) is 4.79 Å². The minimum atomic E-state index is -0.481. The fourth-order valence-corrected chi connectivity index (χ4v) is 2.18. The molecule has 1 saturated carbocycles. The molecule has 0 unspecified atom stereocenters. The first-order chi connectivity index (χ1) is 9.02. The van der Waals surface area contributed by atoms with Gasteiger partial charge < -0.3 is 15.8 Å². The molecule has 0 aliphatic heterocycles. The molecule has 3 N–H and O–H groups in total. The van der Waals surface area contributed by atoms with Crippen LogP contribution in [0.2, 0.25) is 0 Å². The lowest BCUT2D eigenvalue weighted by atomic mass is 9.75. The summed E-state index contributed by atoms with van der Waals surface area (Å²) in [4.78, 5) is 11.8. The number of halogens is 1. The van der Waals surface area contributed by atoms with Gasteiger partial charge in [0.05, 0.1) is 6.61 Å². The van der Waals surface area contributed by atoms with Crippen LogP contribution in [0, 0.1) is 5.82 Å². The fourth-order valence-electron chi connectivity index (χ4n) is 2.18. The maximum absolute atomic E-state index is 13.6. The maximum atomic E-state index is 13.6. The van der Waals surface area contributed by atoms with Crippen molar-refractivity contribution in [1.82, 2.24) is 0 Å². The van der Waals surface area contributed by atoms with Crippen LogP contribution in [0.15, 0.2) is 18.2 Å². The number of amides is 1. The van der Waals surface area contributed by atoms with Gasteiger partial charge in [0.25, 0.3) is 0 Å². The molecule has 104 valence electrons. The molecule has 1 aromatic carbocycles. The number of anilines is 1. The van der Waals surface area contributed by atoms with E-state index in [1.807, 2.05) is 0 Å². The quantitative estimate of drug-likeness (QED) is 0.860. The molecule has 0 heterocycles. The molecule has 1 fully saturated rings. The van der Waals surface area contributed by atoms with Gasteiger partial charge in [-0.05, 0) is 38.3 Å². The average molecular weight is 266 g/mol. The second kappa shape index (κ2) is 5.57. The zero-order chi connectivity index (χ0) is 13.9. The smallest absolute Gasteiger partial charge is 0.226 e. The number of carbonyl (C=O) groups is 1. The van der Waals surface area contributed by atoms with Crippen molar-refractivity contribution in [2.24, 2.45) is 5.73 Å². The zero-order valence-electron chi connectivity index (χ0n) is 11.0. The summed E-state index contributed by atoms with van der Waals surface area (Å²) < 4.78 is 18.7. The number of nitrogens with one attached hydrogen (secondary N) is 1. The molecule has 1 amide bonds. The van der Waals surface area contributed by atoms with E-state index in [1.54, 1.807) is 13.0 Å². The van der Waals surface area contributed by atoms with Gasteiger partial charge in [0.1, 0.15) is 0 Å². The fraction of sp³-hybridized carbons (Fsp3) is 0.500. The highest BCUT2D eigenvalue weighted by molar-refractivity contribution is 5.91. The lowest BCUT2D eigenvalue weighted by Crippen LogP contribution is -2.48. The van der Waals surface area contributed by atoms with Crippen molar-refractivity contribution in [3.63, 3.8) is 0 Å². The van der Waals surface area contributed by atoms with Crippen molar-refractivity contribution in [1.29, 1.82) is 0 Å². The van der Waals surface area contributed by atoms with Crippen molar-refractivity contribution >= 4 is 11.6 Å². The highest BCUT2D eigenvalue weighted by Crippen LogP contribution is 2.32. The summed E-state index contributed by atoms with van der Waals surface area (Å²) in [5, 5.41) is 2.66. The Morgan fingerprint density at radius 3 is 2.79 bits per heavy atom. The third kappa shape index (κ3) is 3.44. The predicted molar refractivity (Wildman–Crippen MR) is 71.6 cm³/mol. The number of benzene rings is 1. The standard InChI is InChI=1S/C14H19FN2O2/c1-2-19-12-5-4-10(8-11(12)15)17-13(18)9-14(16)6-3-7-14/h4-5,8H,2-3,6-7,9,16H2,1H3,(H,17,18). The van der Waals surface area contributed by atoms with Crippen LogP contribution < -0.4 is 15.8 Å². The first-order valence-electron chi connectivity index (χ1n) is 6.53. The molecule has 4 nitrogen and oxygen atoms in total. The van der Waals surface area contributed by atoms with E-state index in [0.29, 0.717) is 12.3 Å². The highest BCUT2D eigenvalue weighted by atomic mass is 19.1. The van der Waals surface area contributed by atoms with E-state index in [1.165, 1.54) is 12.1 Å². The van der Waals surface area contributed by atoms with E-state index < -0.39 is 5.82 Å². The molecule has 0 atom stereocenters. The zero-order valence-corrected chi connectivity index (χ0v) is 11.0. The van der Waals surface area contributed by atoms with Crippen LogP contribution in [0.4, 0.5) is 10.1 Å². The van der Waals surface area contributed by atoms with Crippen LogP contribution in [0.3, 0.4) is 0 Å². The molecule has 0 spiro atoms. The van der Waals surface area contributed by atoms with Gasteiger partial charge in [-0.2, -0.15) is 0 Å². The van der Waals surface area contributed by atoms with E-state index >= 15 is 0 Å². The Morgan fingerprint density at radius 1 is 1.53 bits per heavy atom. The average Bonchev–Trinajstić information content (AvgIpc) is 2.31. The van der Waals surface area contributed by atoms with Gasteiger partial charge in [-0.1, -0.05) is 0 Å². The molecule has 5 heteroatoms. The number of hydrogen-bond donors (Lipinski definition) is 2. The molecule has 0 saturated heterocycles. The van der Waals surface area contributed by atoms with Crippen molar-refractivity contribution in [2.45, 2.75) is 38.1 Å². The molecule has 1 aliphatic rings. The number of rotatable bonds is 5. The van der Waals surface area contributed by atoms with Gasteiger partial charge in [0, 0.05) is 23.7 Å². The van der Waals surface area contributed by atoms with Gasteiger partial charge in [-0.25, -0.2) is 4.39 Å². The van der Waals surface area contributed by atoms with Crippen molar-refractivity contribution in [2.75, 3.05) is 11.9 Å². The van der Waals surface area contributed by atoms with E-state index in [0.717, 1.165) is 19.3 Å². The number of hydrogen-bond acceptors (Lipinski definition) is 3. The van der Waals surface area contributed by atoms with Gasteiger partial charge >= 0.3 is 0 Å². The van der Waals surface area contributed by atoms with Crippen LogP contribution in [0.5, 0.6) is 5.75 Å². The molecule has 19 heavy (non-hydrogen) atoms. The lowest BCUT2D eigenvalue weighted by molar-refractivity contribution is -0.118. The molecule has 0 aromatic heterocycles. The van der Waals surface area contributed by atoms with Crippen LogP contribution in [-0.2, 0) is 4.79 Å². The Hall–Kier alpha value is -1.62. The van der Waals surface area contributed by atoms with Gasteiger partial charge in [-0.15, -0.1) is 0 Å². The van der Waals surface area contributed by atoms with Crippen LogP contribution in [0.1, 0.15) is 32.6 Å². The van der Waals surface area contributed by atoms with Gasteiger partial charge in [0.15, 0.2) is 11.6 Å². The predicted octanol–water partition coefficient (Wildman–Crippen LogP) is 2.43. The highest BCUT2D eigenvalue weighted by Gasteiger charge is 2.34. The van der Waals surface area contributed by atoms with Crippen molar-refractivity contribution < 1.29 is 13.9 Å². The summed E-state index contributed by atoms with van der Waals surface area (Å²) in [7, 11) is 0. The summed E-state index contributed by atoms with van der Waals surface area (Å²) in [5.41, 5.74) is 6.05. The van der Waals surface area contributed by atoms with Crippen LogP contribution in [0.25, 0.3) is 0 Å². The molecule has 0 radical (unpaired) electrons. The number of carbonyl (C=O) groups excluding carboxylic acids is 1. The van der Waals surface area contributed by atoms with Crippen LogP contribution >= 0.6 is 0 Å². The first kappa shape index (κ1) is 13.8. The molecular weight excluding hydrogens is 247 g/mol. The maximum Gasteiger partial charge on any atom is 0.226 e. The van der Waals surface area contributed by atoms with Gasteiger partial charge in [0.2, 0.25) is 5.91 Å². The van der Waals surface area contributed by atoms with E-state index in [-0.39, 0.29) is 23.6 Å². The summed E-state index contributed by atoms with van der Waals surface area (Å²) in [6.45, 7) is 2.19. The Morgan fingerprint density at radius 2 is 2.26 bits per heavy atom. The third-order valence-electron chi connectivity index (χ3n) is 3.38. The van der Waals surface area contributed by atoms with Crippen molar-refractivity contribution in [3.05, 3.63) is 24.0 Å². The second-order valence-electron chi connectivity index (χ2n) is 5.02. The third-order valence-corrected chi connectivity index (χ3v) is 3.38. The topological polar surface area (TPSA) is 64.3 Å². The Bertz CT molecular complexity index is 473. The minimum Gasteiger partial charge on any atom is -0.491 e. The first-order valence-corrected chi connectivity index (χ1v) is 6.53. The monoisotopic (exact) mass is 266 g/mol. The number of ether oxygens (including phenoxy) is 1. The summed E-state index contributed by atoms with van der Waals surface area (Å²) in [6.07, 6.45) is 3.10.